The number of carbonyl (C=O) groups excluding carboxylic acids is 1. The van der Waals surface area contributed by atoms with Gasteiger partial charge in [0.05, 0.1) is 5.69 Å². The van der Waals surface area contributed by atoms with E-state index < -0.39 is 0 Å². The van der Waals surface area contributed by atoms with Crippen molar-refractivity contribution < 1.29 is 4.79 Å². The lowest BCUT2D eigenvalue weighted by atomic mass is 10.1. The van der Waals surface area contributed by atoms with E-state index in [2.05, 4.69) is 29.1 Å². The number of nitrogens with zero attached hydrogens (tertiary/aromatic N) is 1. The smallest absolute Gasteiger partial charge is 0.224 e. The van der Waals surface area contributed by atoms with Gasteiger partial charge in [0.15, 0.2) is 5.13 Å². The van der Waals surface area contributed by atoms with E-state index in [0.717, 1.165) is 41.3 Å². The van der Waals surface area contributed by atoms with E-state index in [1.165, 1.54) is 0 Å². The molecule has 0 bridgehead atoms. The standard InChI is InChI=1S/C18H23N3OS/c1-3-5-6-7-17(22)20-15-10-8-14(9-11-15)16-13-23-18(21-16)19-12-4-2/h4,8-11,13H,2-3,5-7,12H2,1H3,(H,19,21)(H,20,22). The number of hydrogen-bond donors (Lipinski definition) is 2. The van der Waals surface area contributed by atoms with Crippen molar-refractivity contribution >= 4 is 28.1 Å². The highest BCUT2D eigenvalue weighted by molar-refractivity contribution is 7.14. The molecule has 2 rings (SSSR count). The van der Waals surface area contributed by atoms with Gasteiger partial charge < -0.3 is 10.6 Å². The van der Waals surface area contributed by atoms with Crippen LogP contribution in [0.2, 0.25) is 0 Å². The van der Waals surface area contributed by atoms with Crippen LogP contribution in [0.5, 0.6) is 0 Å². The van der Waals surface area contributed by atoms with Gasteiger partial charge in [0.1, 0.15) is 0 Å². The largest absolute Gasteiger partial charge is 0.358 e. The van der Waals surface area contributed by atoms with Crippen LogP contribution in [0, 0.1) is 0 Å². The highest BCUT2D eigenvalue weighted by Crippen LogP contribution is 2.26. The Morgan fingerprint density at radius 3 is 2.78 bits per heavy atom. The van der Waals surface area contributed by atoms with Crippen LogP contribution in [0.3, 0.4) is 0 Å². The number of amides is 1. The molecule has 5 heteroatoms. The van der Waals surface area contributed by atoms with E-state index >= 15 is 0 Å². The van der Waals surface area contributed by atoms with Gasteiger partial charge in [-0.25, -0.2) is 4.98 Å². The third kappa shape index (κ3) is 5.53. The zero-order chi connectivity index (χ0) is 16.5. The number of rotatable bonds is 9. The molecule has 0 aliphatic carbocycles. The Morgan fingerprint density at radius 1 is 1.30 bits per heavy atom. The quantitative estimate of drug-likeness (QED) is 0.507. The minimum absolute atomic E-state index is 0.0794. The zero-order valence-electron chi connectivity index (χ0n) is 13.5. The summed E-state index contributed by atoms with van der Waals surface area (Å²) in [7, 11) is 0. The summed E-state index contributed by atoms with van der Waals surface area (Å²) in [5.74, 6) is 0.0794. The molecule has 1 heterocycles. The molecule has 0 fully saturated rings. The van der Waals surface area contributed by atoms with Crippen molar-refractivity contribution in [3.8, 4) is 11.3 Å². The van der Waals surface area contributed by atoms with Gasteiger partial charge in [0.25, 0.3) is 0 Å². The summed E-state index contributed by atoms with van der Waals surface area (Å²) < 4.78 is 0. The summed E-state index contributed by atoms with van der Waals surface area (Å²) in [4.78, 5) is 16.3. The molecule has 1 aromatic carbocycles. The van der Waals surface area contributed by atoms with Crippen LogP contribution in [-0.2, 0) is 4.79 Å². The van der Waals surface area contributed by atoms with Gasteiger partial charge in [0.2, 0.25) is 5.91 Å². The molecule has 1 amide bonds. The first-order valence-electron chi connectivity index (χ1n) is 7.93. The summed E-state index contributed by atoms with van der Waals surface area (Å²) in [6.07, 6.45) is 5.55. The molecule has 122 valence electrons. The van der Waals surface area contributed by atoms with Crippen molar-refractivity contribution in [1.82, 2.24) is 4.98 Å². The minimum Gasteiger partial charge on any atom is -0.358 e. The Morgan fingerprint density at radius 2 is 2.09 bits per heavy atom. The molecule has 0 saturated carbocycles. The van der Waals surface area contributed by atoms with Crippen LogP contribution in [0.25, 0.3) is 11.3 Å². The topological polar surface area (TPSA) is 54.0 Å². The maximum atomic E-state index is 11.8. The second-order valence-electron chi connectivity index (χ2n) is 5.29. The third-order valence-electron chi connectivity index (χ3n) is 3.37. The highest BCUT2D eigenvalue weighted by Gasteiger charge is 2.05. The van der Waals surface area contributed by atoms with Gasteiger partial charge in [-0.15, -0.1) is 17.9 Å². The van der Waals surface area contributed by atoms with E-state index in [9.17, 15) is 4.79 Å². The predicted octanol–water partition coefficient (Wildman–Crippen LogP) is 4.93. The van der Waals surface area contributed by atoms with Gasteiger partial charge in [0, 0.05) is 29.6 Å². The summed E-state index contributed by atoms with van der Waals surface area (Å²) in [5.41, 5.74) is 2.80. The number of anilines is 2. The second kappa shape index (κ2) is 9.10. The third-order valence-corrected chi connectivity index (χ3v) is 4.17. The number of nitrogens with one attached hydrogen (secondary N) is 2. The number of thiazole rings is 1. The molecule has 0 aliphatic rings. The number of benzene rings is 1. The number of unbranched alkanes of at least 4 members (excludes halogenated alkanes) is 2. The molecular formula is C18H23N3OS. The van der Waals surface area contributed by atoms with E-state index in [0.29, 0.717) is 13.0 Å². The van der Waals surface area contributed by atoms with Crippen LogP contribution in [-0.4, -0.2) is 17.4 Å². The van der Waals surface area contributed by atoms with E-state index in [4.69, 9.17) is 0 Å². The van der Waals surface area contributed by atoms with Crippen molar-refractivity contribution in [2.24, 2.45) is 0 Å². The highest BCUT2D eigenvalue weighted by atomic mass is 32.1. The van der Waals surface area contributed by atoms with E-state index in [-0.39, 0.29) is 5.91 Å². The molecule has 0 spiro atoms. The van der Waals surface area contributed by atoms with Gasteiger partial charge >= 0.3 is 0 Å². The minimum atomic E-state index is 0.0794. The summed E-state index contributed by atoms with van der Waals surface area (Å²) in [5, 5.41) is 9.01. The van der Waals surface area contributed by atoms with Gasteiger partial charge in [-0.2, -0.15) is 0 Å². The normalized spacial score (nSPS) is 10.3. The summed E-state index contributed by atoms with van der Waals surface area (Å²) in [6, 6.07) is 7.80. The first-order valence-corrected chi connectivity index (χ1v) is 8.81. The molecule has 0 saturated heterocycles. The van der Waals surface area contributed by atoms with E-state index in [1.54, 1.807) is 17.4 Å². The Labute approximate surface area is 141 Å². The number of aromatic nitrogens is 1. The maximum Gasteiger partial charge on any atom is 0.224 e. The molecule has 4 nitrogen and oxygen atoms in total. The SMILES string of the molecule is C=CCNc1nc(-c2ccc(NC(=O)CCCCC)cc2)cs1. The molecule has 0 atom stereocenters. The molecular weight excluding hydrogens is 306 g/mol. The summed E-state index contributed by atoms with van der Waals surface area (Å²) >= 11 is 1.57. The maximum absolute atomic E-state index is 11.8. The Kier molecular flexibility index (Phi) is 6.81. The molecule has 2 aromatic rings. The average molecular weight is 329 g/mol. The molecule has 1 aromatic heterocycles. The molecule has 0 radical (unpaired) electrons. The predicted molar refractivity (Wildman–Crippen MR) is 99.0 cm³/mol. The molecule has 0 unspecified atom stereocenters. The lowest BCUT2D eigenvalue weighted by Crippen LogP contribution is -2.10. The molecule has 23 heavy (non-hydrogen) atoms. The van der Waals surface area contributed by atoms with Crippen molar-refractivity contribution in [3.63, 3.8) is 0 Å². The first kappa shape index (κ1) is 17.2. The Bertz CT molecular complexity index is 634. The first-order chi connectivity index (χ1) is 11.2. The number of hydrogen-bond acceptors (Lipinski definition) is 4. The van der Waals surface area contributed by atoms with Crippen molar-refractivity contribution in [2.75, 3.05) is 17.2 Å². The van der Waals surface area contributed by atoms with Crippen molar-refractivity contribution in [1.29, 1.82) is 0 Å². The van der Waals surface area contributed by atoms with Gasteiger partial charge in [-0.3, -0.25) is 4.79 Å². The van der Waals surface area contributed by atoms with Crippen molar-refractivity contribution in [2.45, 2.75) is 32.6 Å². The van der Waals surface area contributed by atoms with Crippen LogP contribution in [0.15, 0.2) is 42.3 Å². The van der Waals surface area contributed by atoms with Gasteiger partial charge in [-0.05, 0) is 18.6 Å². The zero-order valence-corrected chi connectivity index (χ0v) is 14.3. The number of carbonyl (C=O) groups is 1. The Balaban J connectivity index is 1.92. The molecule has 2 N–H and O–H groups in total. The fourth-order valence-electron chi connectivity index (χ4n) is 2.13. The van der Waals surface area contributed by atoms with Crippen LogP contribution < -0.4 is 10.6 Å². The van der Waals surface area contributed by atoms with Gasteiger partial charge in [-0.1, -0.05) is 38.0 Å². The summed E-state index contributed by atoms with van der Waals surface area (Å²) in [6.45, 7) is 6.51. The fraction of sp³-hybridized carbons (Fsp3) is 0.333. The molecule has 0 aliphatic heterocycles. The van der Waals surface area contributed by atoms with E-state index in [1.807, 2.05) is 29.6 Å². The van der Waals surface area contributed by atoms with Crippen LogP contribution >= 0.6 is 11.3 Å². The monoisotopic (exact) mass is 329 g/mol. The average Bonchev–Trinajstić information content (AvgIpc) is 3.03. The lowest BCUT2D eigenvalue weighted by Gasteiger charge is -2.05. The van der Waals surface area contributed by atoms with Crippen molar-refractivity contribution in [3.05, 3.63) is 42.3 Å². The second-order valence-corrected chi connectivity index (χ2v) is 6.15. The van der Waals surface area contributed by atoms with Crippen LogP contribution in [0.4, 0.5) is 10.8 Å². The van der Waals surface area contributed by atoms with Crippen LogP contribution in [0.1, 0.15) is 32.6 Å². The fourth-order valence-corrected chi connectivity index (χ4v) is 2.86. The lowest BCUT2D eigenvalue weighted by molar-refractivity contribution is -0.116. The Hall–Kier alpha value is -2.14.